The van der Waals surface area contributed by atoms with Gasteiger partial charge in [0.15, 0.2) is 0 Å². The average molecular weight is 404 g/mol. The van der Waals surface area contributed by atoms with Crippen LogP contribution in [0.1, 0.15) is 12.5 Å². The van der Waals surface area contributed by atoms with Crippen molar-refractivity contribution in [1.82, 2.24) is 9.88 Å². The molecular weight excluding hydrogens is 386 g/mol. The molecule has 130 valence electrons. The van der Waals surface area contributed by atoms with E-state index in [0.717, 1.165) is 5.56 Å². The third-order valence-electron chi connectivity index (χ3n) is 4.07. The van der Waals surface area contributed by atoms with Crippen LogP contribution in [0, 0.1) is 0 Å². The lowest BCUT2D eigenvalue weighted by molar-refractivity contribution is -0.124. The Balaban J connectivity index is 1.64. The second kappa shape index (κ2) is 7.65. The Hall–Kier alpha value is -2.41. The molecule has 1 aromatic carbocycles. The van der Waals surface area contributed by atoms with Crippen LogP contribution >= 0.6 is 15.9 Å². The van der Waals surface area contributed by atoms with Crippen molar-refractivity contribution in [3.05, 3.63) is 58.7 Å². The first-order chi connectivity index (χ1) is 12.1. The fraction of sp³-hybridized carbons (Fsp3) is 0.278. The molecule has 0 bridgehead atoms. The molecule has 1 aliphatic rings. The number of hydrogen-bond acceptors (Lipinski definition) is 4. The van der Waals surface area contributed by atoms with Gasteiger partial charge in [0.05, 0.1) is 0 Å². The summed E-state index contributed by atoms with van der Waals surface area (Å²) in [4.78, 5) is 32.3. The fourth-order valence-electron chi connectivity index (χ4n) is 2.70. The van der Waals surface area contributed by atoms with E-state index in [1.807, 2.05) is 36.4 Å². The molecule has 2 amide bonds. The molecule has 1 atom stereocenters. The third kappa shape index (κ3) is 3.99. The highest BCUT2D eigenvalue weighted by atomic mass is 79.9. The molecule has 2 aromatic rings. The van der Waals surface area contributed by atoms with Crippen molar-refractivity contribution in [2.24, 2.45) is 0 Å². The summed E-state index contributed by atoms with van der Waals surface area (Å²) in [6.45, 7) is 2.67. The summed E-state index contributed by atoms with van der Waals surface area (Å²) in [5.74, 6) is 0.400. The maximum Gasteiger partial charge on any atom is 0.410 e. The van der Waals surface area contributed by atoms with Gasteiger partial charge in [0, 0.05) is 13.1 Å². The number of anilines is 1. The van der Waals surface area contributed by atoms with Gasteiger partial charge in [-0.1, -0.05) is 36.4 Å². The number of carbonyl (C=O) groups excluding carboxylic acids is 2. The molecule has 0 aliphatic carbocycles. The molecule has 25 heavy (non-hydrogen) atoms. The van der Waals surface area contributed by atoms with Crippen LogP contribution in [0.15, 0.2) is 53.1 Å². The first-order valence-electron chi connectivity index (χ1n) is 7.97. The van der Waals surface area contributed by atoms with Crippen LogP contribution in [0.4, 0.5) is 10.6 Å². The van der Waals surface area contributed by atoms with Gasteiger partial charge in [0.2, 0.25) is 0 Å². The summed E-state index contributed by atoms with van der Waals surface area (Å²) in [6.07, 6.45) is -0.480. The van der Waals surface area contributed by atoms with Crippen LogP contribution in [0.3, 0.4) is 0 Å². The maximum atomic E-state index is 12.6. The van der Waals surface area contributed by atoms with E-state index in [-0.39, 0.29) is 12.5 Å². The van der Waals surface area contributed by atoms with E-state index in [2.05, 4.69) is 20.9 Å². The van der Waals surface area contributed by atoms with Crippen molar-refractivity contribution < 1.29 is 14.3 Å². The van der Waals surface area contributed by atoms with Crippen molar-refractivity contribution in [3.8, 4) is 0 Å². The minimum absolute atomic E-state index is 0.173. The van der Waals surface area contributed by atoms with Gasteiger partial charge in [-0.05, 0) is 40.5 Å². The van der Waals surface area contributed by atoms with Crippen LogP contribution in [0.2, 0.25) is 0 Å². The summed E-state index contributed by atoms with van der Waals surface area (Å²) >= 11 is 3.31. The van der Waals surface area contributed by atoms with Gasteiger partial charge in [-0.25, -0.2) is 9.78 Å². The van der Waals surface area contributed by atoms with Crippen molar-refractivity contribution in [3.63, 3.8) is 0 Å². The number of carbonyl (C=O) groups is 2. The van der Waals surface area contributed by atoms with Crippen molar-refractivity contribution in [1.29, 1.82) is 0 Å². The lowest BCUT2D eigenvalue weighted by atomic mass is 10.2. The van der Waals surface area contributed by atoms with Crippen LogP contribution in [0.25, 0.3) is 0 Å². The predicted molar refractivity (Wildman–Crippen MR) is 97.1 cm³/mol. The number of nitrogens with zero attached hydrogens (tertiary/aromatic N) is 3. The predicted octanol–water partition coefficient (Wildman–Crippen LogP) is 3.22. The van der Waals surface area contributed by atoms with Crippen LogP contribution in [-0.4, -0.2) is 41.0 Å². The van der Waals surface area contributed by atoms with Crippen molar-refractivity contribution in [2.45, 2.75) is 19.6 Å². The number of aromatic nitrogens is 1. The van der Waals surface area contributed by atoms with E-state index in [9.17, 15) is 9.59 Å². The van der Waals surface area contributed by atoms with Gasteiger partial charge in [0.1, 0.15) is 23.1 Å². The Morgan fingerprint density at radius 2 is 1.96 bits per heavy atom. The van der Waals surface area contributed by atoms with E-state index in [1.165, 1.54) is 4.90 Å². The Labute approximate surface area is 154 Å². The summed E-state index contributed by atoms with van der Waals surface area (Å²) < 4.78 is 6.00. The van der Waals surface area contributed by atoms with E-state index < -0.39 is 12.1 Å². The standard InChI is InChI=1S/C18H18BrN3O3/c1-13-17(23)22(16-9-5-8-15(19)20-16)11-10-21(13)18(24)25-12-14-6-3-2-4-7-14/h2-9,13H,10-12H2,1H3/t13-/m1/s1. The SMILES string of the molecule is C[C@@H]1C(=O)N(c2cccc(Br)n2)CCN1C(=O)OCc1ccccc1. The summed E-state index contributed by atoms with van der Waals surface area (Å²) in [6, 6.07) is 14.3. The molecule has 3 rings (SSSR count). The van der Waals surface area contributed by atoms with E-state index in [4.69, 9.17) is 4.74 Å². The molecule has 0 unspecified atom stereocenters. The first kappa shape index (κ1) is 17.4. The van der Waals surface area contributed by atoms with Gasteiger partial charge in [-0.3, -0.25) is 14.6 Å². The van der Waals surface area contributed by atoms with Gasteiger partial charge in [-0.15, -0.1) is 0 Å². The van der Waals surface area contributed by atoms with Gasteiger partial charge in [0.25, 0.3) is 5.91 Å². The lowest BCUT2D eigenvalue weighted by Crippen LogP contribution is -2.58. The molecular formula is C18H18BrN3O3. The van der Waals surface area contributed by atoms with Gasteiger partial charge in [-0.2, -0.15) is 0 Å². The molecule has 0 spiro atoms. The minimum atomic E-state index is -0.599. The number of amides is 2. The maximum absolute atomic E-state index is 12.6. The molecule has 1 aliphatic heterocycles. The molecule has 1 aromatic heterocycles. The topological polar surface area (TPSA) is 62.7 Å². The van der Waals surface area contributed by atoms with Crippen LogP contribution in [0.5, 0.6) is 0 Å². The quantitative estimate of drug-likeness (QED) is 0.738. The lowest BCUT2D eigenvalue weighted by Gasteiger charge is -2.37. The Morgan fingerprint density at radius 1 is 1.20 bits per heavy atom. The normalized spacial score (nSPS) is 17.5. The Morgan fingerprint density at radius 3 is 2.68 bits per heavy atom. The molecule has 6 nitrogen and oxygen atoms in total. The number of halogens is 1. The summed E-state index contributed by atoms with van der Waals surface area (Å²) in [5.41, 5.74) is 0.909. The van der Waals surface area contributed by atoms with Crippen molar-refractivity contribution in [2.75, 3.05) is 18.0 Å². The third-order valence-corrected chi connectivity index (χ3v) is 4.51. The zero-order chi connectivity index (χ0) is 17.8. The number of ether oxygens (including phenoxy) is 1. The molecule has 0 radical (unpaired) electrons. The van der Waals surface area contributed by atoms with Gasteiger partial charge >= 0.3 is 6.09 Å². The molecule has 1 fully saturated rings. The Bertz CT molecular complexity index is 769. The average Bonchev–Trinajstić information content (AvgIpc) is 2.63. The second-order valence-electron chi connectivity index (χ2n) is 5.72. The highest BCUT2D eigenvalue weighted by molar-refractivity contribution is 9.10. The fourth-order valence-corrected chi connectivity index (χ4v) is 3.03. The smallest absolute Gasteiger partial charge is 0.410 e. The highest BCUT2D eigenvalue weighted by Crippen LogP contribution is 2.21. The number of benzene rings is 1. The first-order valence-corrected chi connectivity index (χ1v) is 8.77. The van der Waals surface area contributed by atoms with Crippen LogP contribution < -0.4 is 4.90 Å². The number of rotatable bonds is 3. The highest BCUT2D eigenvalue weighted by Gasteiger charge is 2.36. The number of pyridine rings is 1. The largest absolute Gasteiger partial charge is 0.445 e. The monoisotopic (exact) mass is 403 g/mol. The van der Waals surface area contributed by atoms with Crippen molar-refractivity contribution >= 4 is 33.7 Å². The number of piperazine rings is 1. The molecule has 7 heteroatoms. The molecule has 0 saturated carbocycles. The van der Waals surface area contributed by atoms with E-state index in [0.29, 0.717) is 23.5 Å². The summed E-state index contributed by atoms with van der Waals surface area (Å²) in [5, 5.41) is 0. The second-order valence-corrected chi connectivity index (χ2v) is 6.53. The minimum Gasteiger partial charge on any atom is -0.445 e. The zero-order valence-electron chi connectivity index (χ0n) is 13.8. The molecule has 2 heterocycles. The molecule has 1 saturated heterocycles. The van der Waals surface area contributed by atoms with Crippen LogP contribution in [-0.2, 0) is 16.1 Å². The number of hydrogen-bond donors (Lipinski definition) is 0. The Kier molecular flexibility index (Phi) is 5.33. The summed E-state index contributed by atoms with van der Waals surface area (Å²) in [7, 11) is 0. The van der Waals surface area contributed by atoms with E-state index >= 15 is 0 Å². The zero-order valence-corrected chi connectivity index (χ0v) is 15.3. The molecule has 0 N–H and O–H groups in total. The van der Waals surface area contributed by atoms with Gasteiger partial charge < -0.3 is 4.74 Å². The van der Waals surface area contributed by atoms with E-state index in [1.54, 1.807) is 24.0 Å².